The van der Waals surface area contributed by atoms with Gasteiger partial charge in [-0.3, -0.25) is 14.3 Å². The molecular formula is C38H40Cl2N10O2. The Labute approximate surface area is 311 Å². The summed E-state index contributed by atoms with van der Waals surface area (Å²) in [5.41, 5.74) is 8.42. The number of rotatable bonds is 9. The van der Waals surface area contributed by atoms with Gasteiger partial charge in [-0.05, 0) is 95.7 Å². The molecule has 7 rings (SSSR count). The summed E-state index contributed by atoms with van der Waals surface area (Å²) in [4.78, 5) is 33.1. The van der Waals surface area contributed by atoms with Crippen molar-refractivity contribution in [1.29, 1.82) is 0 Å². The summed E-state index contributed by atoms with van der Waals surface area (Å²) in [6.45, 7) is 9.97. The molecule has 1 saturated heterocycles. The first-order chi connectivity index (χ1) is 25.0. The van der Waals surface area contributed by atoms with Crippen LogP contribution >= 0.6 is 23.2 Å². The first kappa shape index (κ1) is 35.3. The van der Waals surface area contributed by atoms with Crippen molar-refractivity contribution in [2.75, 3.05) is 18.4 Å². The van der Waals surface area contributed by atoms with E-state index in [2.05, 4.69) is 25.7 Å². The van der Waals surface area contributed by atoms with E-state index in [1.165, 1.54) is 0 Å². The standard InChI is InChI=1S/C38H40Cl2N10O2/c1-23-18-24(2)49-37(42-23)32(21-41-49)38(52)43-30-10-7-28(8-11-30)34-22-48(46-44-34)17-14-27-6-5-15-47(16-13-27)36(51)20-31-25(3)45-50(26(31)4)35-12-9-29(39)19-33(35)40/h7-12,18-19,21-22,27H,5-6,13-17,20H2,1-4H3,(H,43,52). The molecule has 2 aromatic carbocycles. The number of hydrogen-bond donors (Lipinski definition) is 1. The highest BCUT2D eigenvalue weighted by Gasteiger charge is 2.24. The minimum absolute atomic E-state index is 0.123. The quantitative estimate of drug-likeness (QED) is 0.166. The molecule has 1 unspecified atom stereocenters. The van der Waals surface area contributed by atoms with Gasteiger partial charge in [0, 0.05) is 58.6 Å². The Morgan fingerprint density at radius 3 is 2.58 bits per heavy atom. The van der Waals surface area contributed by atoms with E-state index < -0.39 is 0 Å². The molecule has 14 heteroatoms. The number of carbonyl (C=O) groups is 2. The number of nitrogens with one attached hydrogen (secondary N) is 1. The Bertz CT molecular complexity index is 2270. The van der Waals surface area contributed by atoms with Gasteiger partial charge in [-0.1, -0.05) is 40.5 Å². The average molecular weight is 740 g/mol. The topological polar surface area (TPSA) is 128 Å². The molecule has 0 bridgehead atoms. The van der Waals surface area contributed by atoms with Crippen molar-refractivity contribution in [1.82, 2.24) is 44.3 Å². The van der Waals surface area contributed by atoms with Gasteiger partial charge in [0.1, 0.15) is 11.3 Å². The third-order valence-corrected chi connectivity index (χ3v) is 10.4. The number of aryl methyl sites for hydroxylation is 4. The molecule has 6 aromatic rings. The summed E-state index contributed by atoms with van der Waals surface area (Å²) < 4.78 is 5.35. The van der Waals surface area contributed by atoms with E-state index in [-0.39, 0.29) is 11.8 Å². The van der Waals surface area contributed by atoms with Crippen molar-refractivity contribution in [3.63, 3.8) is 0 Å². The molecule has 12 nitrogen and oxygen atoms in total. The Kier molecular flexibility index (Phi) is 10.1. The lowest BCUT2D eigenvalue weighted by Gasteiger charge is -2.21. The SMILES string of the molecule is Cc1cc(C)n2ncc(C(=O)Nc3ccc(-c4cn(CCC5CCCN(C(=O)Cc6c(C)nn(-c7ccc(Cl)cc7Cl)c6C)CC5)nn4)cc3)c2n1. The first-order valence-electron chi connectivity index (χ1n) is 17.5. The van der Waals surface area contributed by atoms with E-state index in [9.17, 15) is 9.59 Å². The molecule has 5 heterocycles. The molecule has 268 valence electrons. The van der Waals surface area contributed by atoms with Crippen LogP contribution in [0.25, 0.3) is 22.6 Å². The molecule has 1 aliphatic rings. The lowest BCUT2D eigenvalue weighted by molar-refractivity contribution is -0.130. The van der Waals surface area contributed by atoms with E-state index in [0.29, 0.717) is 39.3 Å². The molecule has 52 heavy (non-hydrogen) atoms. The van der Waals surface area contributed by atoms with Gasteiger partial charge in [0.2, 0.25) is 5.91 Å². The van der Waals surface area contributed by atoms with E-state index in [0.717, 1.165) is 90.6 Å². The number of amides is 2. The Hall–Kier alpha value is -5.07. The zero-order valence-electron chi connectivity index (χ0n) is 29.6. The van der Waals surface area contributed by atoms with Crippen molar-refractivity contribution >= 4 is 46.4 Å². The van der Waals surface area contributed by atoms with Gasteiger partial charge in [0.15, 0.2) is 5.65 Å². The van der Waals surface area contributed by atoms with Gasteiger partial charge in [-0.25, -0.2) is 14.2 Å². The van der Waals surface area contributed by atoms with E-state index >= 15 is 0 Å². The number of aromatic nitrogens is 8. The number of fused-ring (bicyclic) bond motifs is 1. The van der Waals surface area contributed by atoms with Crippen molar-refractivity contribution in [3.8, 4) is 16.9 Å². The zero-order valence-corrected chi connectivity index (χ0v) is 31.1. The molecule has 4 aromatic heterocycles. The fourth-order valence-electron chi connectivity index (χ4n) is 6.99. The number of hydrogen-bond acceptors (Lipinski definition) is 7. The smallest absolute Gasteiger partial charge is 0.261 e. The monoisotopic (exact) mass is 738 g/mol. The Morgan fingerprint density at radius 1 is 0.981 bits per heavy atom. The van der Waals surface area contributed by atoms with Gasteiger partial charge in [-0.15, -0.1) is 5.10 Å². The summed E-state index contributed by atoms with van der Waals surface area (Å²) in [7, 11) is 0. The normalized spacial score (nSPS) is 14.9. The number of likely N-dealkylation sites (tertiary alicyclic amines) is 1. The summed E-state index contributed by atoms with van der Waals surface area (Å²) in [6.07, 6.45) is 7.74. The van der Waals surface area contributed by atoms with Crippen LogP contribution in [0.4, 0.5) is 5.69 Å². The number of carbonyl (C=O) groups excluding carboxylic acids is 2. The fraction of sp³-hybridized carbons (Fsp3) is 0.342. The van der Waals surface area contributed by atoms with Crippen molar-refractivity contribution in [2.45, 2.75) is 66.3 Å². The zero-order chi connectivity index (χ0) is 36.5. The van der Waals surface area contributed by atoms with Crippen molar-refractivity contribution < 1.29 is 9.59 Å². The van der Waals surface area contributed by atoms with E-state index in [1.807, 2.05) is 79.9 Å². The second-order valence-electron chi connectivity index (χ2n) is 13.5. The minimum Gasteiger partial charge on any atom is -0.342 e. The molecule has 0 saturated carbocycles. The van der Waals surface area contributed by atoms with Crippen molar-refractivity contribution in [3.05, 3.63) is 105 Å². The van der Waals surface area contributed by atoms with Gasteiger partial charge >= 0.3 is 0 Å². The highest BCUT2D eigenvalue weighted by atomic mass is 35.5. The third kappa shape index (κ3) is 7.44. The molecular weight excluding hydrogens is 699 g/mol. The number of halogens is 2. The Balaban J connectivity index is 0.908. The molecule has 1 fully saturated rings. The molecule has 1 aliphatic heterocycles. The van der Waals surface area contributed by atoms with Gasteiger partial charge in [0.25, 0.3) is 5.91 Å². The van der Waals surface area contributed by atoms with Crippen LogP contribution < -0.4 is 5.32 Å². The summed E-state index contributed by atoms with van der Waals surface area (Å²) in [6, 6.07) is 14.8. The maximum atomic E-state index is 13.5. The predicted octanol–water partition coefficient (Wildman–Crippen LogP) is 7.23. The van der Waals surface area contributed by atoms with Crippen LogP contribution in [0.1, 0.15) is 64.4 Å². The van der Waals surface area contributed by atoms with Crippen LogP contribution in [0.15, 0.2) is 60.9 Å². The van der Waals surface area contributed by atoms with Gasteiger partial charge < -0.3 is 10.2 Å². The number of benzene rings is 2. The first-order valence-corrected chi connectivity index (χ1v) is 18.2. The van der Waals surface area contributed by atoms with Crippen LogP contribution in [-0.2, 0) is 17.8 Å². The van der Waals surface area contributed by atoms with Crippen LogP contribution in [-0.4, -0.2) is 69.2 Å². The average Bonchev–Trinajstić information content (AvgIpc) is 3.78. The molecule has 2 amide bonds. The van der Waals surface area contributed by atoms with Crippen LogP contribution in [0.3, 0.4) is 0 Å². The van der Waals surface area contributed by atoms with E-state index in [4.69, 9.17) is 28.3 Å². The minimum atomic E-state index is -0.268. The third-order valence-electron chi connectivity index (χ3n) is 9.87. The fourth-order valence-corrected chi connectivity index (χ4v) is 7.48. The maximum absolute atomic E-state index is 13.5. The van der Waals surface area contributed by atoms with Crippen LogP contribution in [0.2, 0.25) is 10.0 Å². The maximum Gasteiger partial charge on any atom is 0.261 e. The molecule has 0 spiro atoms. The highest BCUT2D eigenvalue weighted by Crippen LogP contribution is 2.28. The molecule has 0 aliphatic carbocycles. The number of anilines is 1. The number of nitrogens with zero attached hydrogens (tertiary/aromatic N) is 9. The second kappa shape index (κ2) is 14.9. The molecule has 1 atom stereocenters. The van der Waals surface area contributed by atoms with Gasteiger partial charge in [-0.2, -0.15) is 10.2 Å². The summed E-state index contributed by atoms with van der Waals surface area (Å²) in [5.74, 6) is 0.343. The van der Waals surface area contributed by atoms with Crippen molar-refractivity contribution in [2.24, 2.45) is 5.92 Å². The lowest BCUT2D eigenvalue weighted by Crippen LogP contribution is -2.33. The summed E-state index contributed by atoms with van der Waals surface area (Å²) >= 11 is 12.6. The lowest BCUT2D eigenvalue weighted by atomic mass is 9.97. The van der Waals surface area contributed by atoms with Crippen LogP contribution in [0.5, 0.6) is 0 Å². The molecule has 1 N–H and O–H groups in total. The molecule has 0 radical (unpaired) electrons. The van der Waals surface area contributed by atoms with Crippen LogP contribution in [0, 0.1) is 33.6 Å². The summed E-state index contributed by atoms with van der Waals surface area (Å²) in [5, 5.41) is 21.8. The highest BCUT2D eigenvalue weighted by molar-refractivity contribution is 6.35. The largest absolute Gasteiger partial charge is 0.342 e. The predicted molar refractivity (Wildman–Crippen MR) is 201 cm³/mol. The Morgan fingerprint density at radius 2 is 1.79 bits per heavy atom. The van der Waals surface area contributed by atoms with Gasteiger partial charge in [0.05, 0.1) is 35.2 Å². The second-order valence-corrected chi connectivity index (χ2v) is 14.4. The van der Waals surface area contributed by atoms with E-state index in [1.54, 1.807) is 27.5 Å².